The molecule has 3 N–H and O–H groups in total. The second-order valence-electron chi connectivity index (χ2n) is 6.62. The maximum atomic E-state index is 12.6. The minimum absolute atomic E-state index is 0.234. The van der Waals surface area contributed by atoms with Gasteiger partial charge in [0.2, 0.25) is 0 Å². The number of nitrogens with one attached hydrogen (secondary N) is 1. The molecule has 0 saturated carbocycles. The molecular formula is C20H27BrN4O+2. The predicted octanol–water partition coefficient (Wildman–Crippen LogP) is 1.63. The largest absolute Gasteiger partial charge is 0.332 e. The van der Waals surface area contributed by atoms with Crippen LogP contribution in [0.15, 0.2) is 53.1 Å². The molecule has 1 amide bonds. The molecule has 26 heavy (non-hydrogen) atoms. The van der Waals surface area contributed by atoms with Gasteiger partial charge in [0.1, 0.15) is 19.1 Å². The van der Waals surface area contributed by atoms with E-state index >= 15 is 0 Å². The number of rotatable bonds is 6. The minimum Gasteiger partial charge on any atom is -0.332 e. The number of carbonyl (C=O) groups is 1. The molecule has 138 valence electrons. The third kappa shape index (κ3) is 4.83. The Morgan fingerprint density at radius 1 is 1.15 bits per heavy atom. The van der Waals surface area contributed by atoms with Gasteiger partial charge in [-0.3, -0.25) is 9.69 Å². The Morgan fingerprint density at radius 2 is 1.88 bits per heavy atom. The molecule has 2 heterocycles. The predicted molar refractivity (Wildman–Crippen MR) is 106 cm³/mol. The molecule has 1 saturated heterocycles. The Labute approximate surface area is 163 Å². The van der Waals surface area contributed by atoms with E-state index in [0.717, 1.165) is 42.9 Å². The van der Waals surface area contributed by atoms with Gasteiger partial charge in [0.05, 0.1) is 19.3 Å². The maximum absolute atomic E-state index is 12.6. The van der Waals surface area contributed by atoms with Crippen LogP contribution in [0.2, 0.25) is 0 Å². The van der Waals surface area contributed by atoms with Crippen molar-refractivity contribution in [2.45, 2.75) is 19.4 Å². The number of benzene rings is 1. The number of hydrogen-bond donors (Lipinski definition) is 1. The minimum atomic E-state index is 0.234. The van der Waals surface area contributed by atoms with Gasteiger partial charge in [-0.15, -0.1) is 0 Å². The van der Waals surface area contributed by atoms with E-state index in [-0.39, 0.29) is 5.91 Å². The molecule has 0 spiro atoms. The summed E-state index contributed by atoms with van der Waals surface area (Å²) in [5.41, 5.74) is 1.27. The van der Waals surface area contributed by atoms with E-state index < -0.39 is 0 Å². The Balaban J connectivity index is 1.48. The van der Waals surface area contributed by atoms with Crippen LogP contribution in [-0.4, -0.2) is 43.5 Å². The number of nitrogens with zero attached hydrogens (tertiary/aromatic N) is 2. The molecule has 6 heteroatoms. The van der Waals surface area contributed by atoms with E-state index in [1.165, 1.54) is 5.56 Å². The van der Waals surface area contributed by atoms with Crippen LogP contribution < -0.4 is 15.2 Å². The smallest absolute Gasteiger partial charge is 0.277 e. The lowest BCUT2D eigenvalue weighted by atomic mass is 10.0. The first-order chi connectivity index (χ1) is 12.7. The molecule has 1 fully saturated rings. The first-order valence-electron chi connectivity index (χ1n) is 9.25. The van der Waals surface area contributed by atoms with Crippen LogP contribution in [0, 0.1) is 0 Å². The molecule has 5 nitrogen and oxygen atoms in total. The Morgan fingerprint density at radius 3 is 2.50 bits per heavy atom. The highest BCUT2D eigenvalue weighted by atomic mass is 79.9. The average molecular weight is 419 g/mol. The normalized spacial score (nSPS) is 15.8. The van der Waals surface area contributed by atoms with E-state index in [1.807, 2.05) is 23.2 Å². The zero-order valence-corrected chi connectivity index (χ0v) is 16.8. The van der Waals surface area contributed by atoms with Gasteiger partial charge in [0.25, 0.3) is 11.7 Å². The van der Waals surface area contributed by atoms with Crippen LogP contribution in [0.25, 0.3) is 0 Å². The zero-order chi connectivity index (χ0) is 18.4. The van der Waals surface area contributed by atoms with E-state index in [1.54, 1.807) is 0 Å². The Kier molecular flexibility index (Phi) is 6.63. The van der Waals surface area contributed by atoms with Crippen molar-refractivity contribution >= 4 is 27.7 Å². The lowest BCUT2D eigenvalue weighted by molar-refractivity contribution is -0.686. The van der Waals surface area contributed by atoms with Crippen LogP contribution in [0.4, 0.5) is 5.82 Å². The van der Waals surface area contributed by atoms with Gasteiger partial charge in [0, 0.05) is 22.5 Å². The van der Waals surface area contributed by atoms with Gasteiger partial charge in [-0.1, -0.05) is 41.1 Å². The quantitative estimate of drug-likeness (QED) is 0.774. The van der Waals surface area contributed by atoms with Crippen molar-refractivity contribution in [3.8, 4) is 0 Å². The molecule has 0 aliphatic carbocycles. The van der Waals surface area contributed by atoms with Crippen LogP contribution in [0.5, 0.6) is 0 Å². The number of aromatic amines is 1. The van der Waals surface area contributed by atoms with Crippen molar-refractivity contribution < 1.29 is 15.1 Å². The van der Waals surface area contributed by atoms with Gasteiger partial charge in [-0.25, -0.2) is 4.98 Å². The third-order valence-corrected chi connectivity index (χ3v) is 5.51. The summed E-state index contributed by atoms with van der Waals surface area (Å²) in [6.45, 7) is 5.98. The lowest BCUT2D eigenvalue weighted by Crippen LogP contribution is -2.87. The molecule has 3 rings (SSSR count). The van der Waals surface area contributed by atoms with Crippen molar-refractivity contribution in [2.75, 3.05) is 37.6 Å². The van der Waals surface area contributed by atoms with E-state index in [9.17, 15) is 4.79 Å². The van der Waals surface area contributed by atoms with Crippen molar-refractivity contribution in [2.24, 2.45) is 0 Å². The second kappa shape index (κ2) is 9.14. The summed E-state index contributed by atoms with van der Waals surface area (Å²) in [5.74, 6) is 1.35. The summed E-state index contributed by atoms with van der Waals surface area (Å²) < 4.78 is 1.08. The standard InChI is InChI=1S/C20H25BrN4O/c1-2-18(16-6-8-17(21)9-7-16)23-15-20(26)25-13-11-24(12-14-25)19-5-3-4-10-22-19/h3-10,18,23H,2,11-15H2,1H3/p+2/t18-/m1/s1. The van der Waals surface area contributed by atoms with E-state index in [0.29, 0.717) is 12.6 Å². The molecule has 1 aliphatic heterocycles. The molecule has 0 radical (unpaired) electrons. The number of halogens is 1. The van der Waals surface area contributed by atoms with E-state index in [4.69, 9.17) is 0 Å². The van der Waals surface area contributed by atoms with Gasteiger partial charge in [-0.05, 0) is 18.2 Å². The van der Waals surface area contributed by atoms with Crippen molar-refractivity contribution in [1.82, 2.24) is 4.90 Å². The van der Waals surface area contributed by atoms with Gasteiger partial charge in [0.15, 0.2) is 6.54 Å². The number of piperazine rings is 1. The highest BCUT2D eigenvalue weighted by Crippen LogP contribution is 2.16. The monoisotopic (exact) mass is 418 g/mol. The number of pyridine rings is 1. The van der Waals surface area contributed by atoms with Gasteiger partial charge >= 0.3 is 0 Å². The number of anilines is 1. The number of quaternary nitrogens is 1. The fourth-order valence-electron chi connectivity index (χ4n) is 3.40. The summed E-state index contributed by atoms with van der Waals surface area (Å²) in [7, 11) is 0. The molecule has 1 aliphatic rings. The maximum Gasteiger partial charge on any atom is 0.277 e. The summed E-state index contributed by atoms with van der Waals surface area (Å²) in [6, 6.07) is 14.8. The molecule has 2 aromatic rings. The van der Waals surface area contributed by atoms with Crippen LogP contribution in [0.1, 0.15) is 24.9 Å². The second-order valence-corrected chi connectivity index (χ2v) is 7.54. The fraction of sp³-hybridized carbons (Fsp3) is 0.400. The number of carbonyl (C=O) groups excluding carboxylic acids is 1. The highest BCUT2D eigenvalue weighted by Gasteiger charge is 2.27. The first-order valence-corrected chi connectivity index (χ1v) is 10.0. The number of H-pyrrole nitrogens is 1. The fourth-order valence-corrected chi connectivity index (χ4v) is 3.66. The number of aromatic nitrogens is 1. The lowest BCUT2D eigenvalue weighted by Gasteiger charge is -2.30. The van der Waals surface area contributed by atoms with Crippen molar-refractivity contribution in [1.29, 1.82) is 0 Å². The molecule has 1 aromatic heterocycles. The van der Waals surface area contributed by atoms with E-state index in [2.05, 4.69) is 68.4 Å². The van der Waals surface area contributed by atoms with Gasteiger partial charge in [-0.2, -0.15) is 0 Å². The third-order valence-electron chi connectivity index (χ3n) is 4.98. The van der Waals surface area contributed by atoms with Crippen molar-refractivity contribution in [3.05, 3.63) is 58.7 Å². The van der Waals surface area contributed by atoms with Crippen LogP contribution in [0.3, 0.4) is 0 Å². The number of hydrogen-bond acceptors (Lipinski definition) is 2. The van der Waals surface area contributed by atoms with Crippen LogP contribution in [-0.2, 0) is 4.79 Å². The Bertz CT molecular complexity index is 700. The molecule has 0 bridgehead atoms. The highest BCUT2D eigenvalue weighted by molar-refractivity contribution is 9.10. The molecular weight excluding hydrogens is 392 g/mol. The summed E-state index contributed by atoms with van der Waals surface area (Å²) in [6.07, 6.45) is 2.95. The molecule has 0 unspecified atom stereocenters. The summed E-state index contributed by atoms with van der Waals surface area (Å²) >= 11 is 3.48. The molecule has 1 atom stereocenters. The SMILES string of the molecule is CC[C@@H]([NH2+]CC(=O)N1CCN(c2cccc[nH+]2)CC1)c1ccc(Br)cc1. The number of nitrogens with two attached hydrogens (primary N) is 1. The molecule has 1 aromatic carbocycles. The summed E-state index contributed by atoms with van der Waals surface area (Å²) in [5, 5.41) is 2.17. The topological polar surface area (TPSA) is 54.3 Å². The number of amides is 1. The first kappa shape index (κ1) is 18.9. The van der Waals surface area contributed by atoms with Crippen LogP contribution >= 0.6 is 15.9 Å². The Hall–Kier alpha value is -1.92. The summed E-state index contributed by atoms with van der Waals surface area (Å²) in [4.78, 5) is 20.2. The van der Waals surface area contributed by atoms with Gasteiger partial charge < -0.3 is 10.2 Å². The van der Waals surface area contributed by atoms with Crippen molar-refractivity contribution in [3.63, 3.8) is 0 Å². The zero-order valence-electron chi connectivity index (χ0n) is 15.2. The average Bonchev–Trinajstić information content (AvgIpc) is 2.70.